The van der Waals surface area contributed by atoms with Crippen molar-refractivity contribution < 1.29 is 68.2 Å². The van der Waals surface area contributed by atoms with Crippen molar-refractivity contribution in [2.24, 2.45) is 5.41 Å². The van der Waals surface area contributed by atoms with Gasteiger partial charge in [0.1, 0.15) is 10.9 Å². The number of amides is 5. The molecule has 1 aliphatic carbocycles. The number of halogens is 4. The first-order chi connectivity index (χ1) is 43.9. The summed E-state index contributed by atoms with van der Waals surface area (Å²) in [5, 5.41) is 8.98. The van der Waals surface area contributed by atoms with Crippen LogP contribution >= 0.6 is 23.4 Å². The van der Waals surface area contributed by atoms with E-state index in [-0.39, 0.29) is 73.7 Å². The van der Waals surface area contributed by atoms with Gasteiger partial charge in [0.15, 0.2) is 0 Å². The number of nitrogens with zero attached hydrogens (tertiary/aromatic N) is 4. The van der Waals surface area contributed by atoms with Crippen LogP contribution in [0.3, 0.4) is 0 Å². The average molecular weight is 1350 g/mol. The number of anilines is 3. The molecular weight excluding hydrogens is 1270 g/mol. The summed E-state index contributed by atoms with van der Waals surface area (Å²) in [5.74, 6) is -3.15. The molecule has 0 radical (unpaired) electrons. The van der Waals surface area contributed by atoms with E-state index in [1.54, 1.807) is 24.3 Å². The minimum Gasteiger partial charge on any atom is -0.382 e. The van der Waals surface area contributed by atoms with Crippen molar-refractivity contribution in [2.75, 3.05) is 120 Å². The van der Waals surface area contributed by atoms with Gasteiger partial charge >= 0.3 is 5.51 Å². The van der Waals surface area contributed by atoms with Crippen LogP contribution in [0.15, 0.2) is 136 Å². The molecule has 5 aromatic carbocycles. The monoisotopic (exact) mass is 1350 g/mol. The van der Waals surface area contributed by atoms with Crippen molar-refractivity contribution in [3.63, 3.8) is 0 Å². The highest BCUT2D eigenvalue weighted by atomic mass is 35.5. The Morgan fingerprint density at radius 3 is 2.16 bits per heavy atom. The number of piperidine rings is 1. The quantitative estimate of drug-likeness (QED) is 0.0190. The van der Waals surface area contributed by atoms with Crippen molar-refractivity contribution in [1.82, 2.24) is 24.7 Å². The minimum absolute atomic E-state index is 0.0156. The highest BCUT2D eigenvalue weighted by Crippen LogP contribution is 2.43. The standard InChI is InChI=1S/C65H76ClF3N8O12S3/c1-64(2)26-24-52(44-12-16-47(66)17-13-44)46(41-64)42-75-29-31-76(32-30-75)49-18-14-45(15-19-49)60(79)73-92(85,86)51-20-21-54(57(40-51)91(83,84)65(67,68)69)71-48(43-90-50-8-5-4-6-9-50)25-28-74(3)33-35-88-37-39-89-38-36-87-34-27-70-55-11-7-10-53-59(55)63(82)77(62(53)81)56-22-23-58(78)72-61(56)80/h4-21,40,48,56,70-71H,22-39,41-43H2,1-3H3,(H,73,79)(H,72,78,80). The van der Waals surface area contributed by atoms with Gasteiger partial charge in [-0.25, -0.2) is 21.6 Å². The van der Waals surface area contributed by atoms with E-state index < -0.39 is 82.5 Å². The van der Waals surface area contributed by atoms with E-state index >= 15 is 0 Å². The van der Waals surface area contributed by atoms with Gasteiger partial charge in [0.2, 0.25) is 11.8 Å². The number of benzene rings is 5. The molecule has 3 heterocycles. The lowest BCUT2D eigenvalue weighted by Crippen LogP contribution is -2.54. The number of thioether (sulfide) groups is 1. The number of likely N-dealkylation sites (N-methyl/N-ethyl adjacent to an activating group) is 1. The normalized spacial score (nSPS) is 17.7. The lowest BCUT2D eigenvalue weighted by atomic mass is 9.73. The van der Waals surface area contributed by atoms with Crippen LogP contribution in [0.2, 0.25) is 5.02 Å². The molecule has 0 aromatic heterocycles. The van der Waals surface area contributed by atoms with E-state index in [1.807, 2.05) is 59.1 Å². The third-order valence-corrected chi connectivity index (χ3v) is 20.8. The number of hydrogen-bond acceptors (Lipinski definition) is 18. The van der Waals surface area contributed by atoms with Crippen molar-refractivity contribution in [2.45, 2.75) is 84.7 Å². The summed E-state index contributed by atoms with van der Waals surface area (Å²) in [7, 11) is -9.25. The summed E-state index contributed by atoms with van der Waals surface area (Å²) >= 11 is 7.60. The van der Waals surface area contributed by atoms with Crippen LogP contribution in [-0.4, -0.2) is 183 Å². The second-order valence-corrected chi connectivity index (χ2v) is 28.9. The maximum Gasteiger partial charge on any atom is 0.501 e. The zero-order valence-corrected chi connectivity index (χ0v) is 54.6. The maximum absolute atomic E-state index is 14.4. The van der Waals surface area contributed by atoms with E-state index in [2.05, 4.69) is 51.7 Å². The Bertz CT molecular complexity index is 3730. The van der Waals surface area contributed by atoms with Gasteiger partial charge in [-0.05, 0) is 141 Å². The molecule has 9 rings (SSSR count). The van der Waals surface area contributed by atoms with Gasteiger partial charge in [0.25, 0.3) is 37.6 Å². The highest BCUT2D eigenvalue weighted by molar-refractivity contribution is 7.99. The van der Waals surface area contributed by atoms with Crippen LogP contribution in [-0.2, 0) is 43.7 Å². The Morgan fingerprint density at radius 2 is 1.48 bits per heavy atom. The first-order valence-electron chi connectivity index (χ1n) is 30.4. The maximum atomic E-state index is 14.4. The predicted octanol–water partition coefficient (Wildman–Crippen LogP) is 9.00. The molecule has 20 nitrogen and oxygen atoms in total. The van der Waals surface area contributed by atoms with Crippen LogP contribution in [0.4, 0.5) is 30.2 Å². The fourth-order valence-electron chi connectivity index (χ4n) is 11.5. The number of allylic oxidation sites excluding steroid dienone is 1. The second-order valence-electron chi connectivity index (χ2n) is 23.8. The molecule has 2 unspecified atom stereocenters. The third kappa shape index (κ3) is 17.9. The molecule has 27 heteroatoms. The molecule has 0 saturated carbocycles. The number of carbonyl (C=O) groups excluding carboxylic acids is 5. The Kier molecular flexibility index (Phi) is 23.3. The smallest absolute Gasteiger partial charge is 0.382 e. The average Bonchev–Trinajstić information content (AvgIpc) is 1.35. The summed E-state index contributed by atoms with van der Waals surface area (Å²) in [4.78, 5) is 70.2. The number of carbonyl (C=O) groups is 5. The van der Waals surface area contributed by atoms with Crippen LogP contribution in [0, 0.1) is 5.41 Å². The van der Waals surface area contributed by atoms with Crippen LogP contribution < -0.4 is 25.6 Å². The number of ether oxygens (including phenoxy) is 3. The Hall–Kier alpha value is -6.88. The first kappa shape index (κ1) is 69.5. The first-order valence-corrected chi connectivity index (χ1v) is 34.7. The van der Waals surface area contributed by atoms with E-state index in [0.717, 1.165) is 66.5 Å². The molecule has 92 heavy (non-hydrogen) atoms. The number of imide groups is 2. The van der Waals surface area contributed by atoms with E-state index in [0.29, 0.717) is 62.5 Å². The minimum atomic E-state index is -6.15. The van der Waals surface area contributed by atoms with Crippen molar-refractivity contribution in [1.29, 1.82) is 0 Å². The molecule has 2 saturated heterocycles. The van der Waals surface area contributed by atoms with Crippen molar-refractivity contribution in [3.8, 4) is 0 Å². The largest absolute Gasteiger partial charge is 0.501 e. The molecule has 0 bridgehead atoms. The van der Waals surface area contributed by atoms with E-state index in [9.17, 15) is 54.0 Å². The van der Waals surface area contributed by atoms with E-state index in [4.69, 9.17) is 25.8 Å². The molecule has 2 atom stereocenters. The van der Waals surface area contributed by atoms with E-state index in [1.165, 1.54) is 46.7 Å². The molecule has 4 aliphatic rings. The Balaban J connectivity index is 0.729. The zero-order chi connectivity index (χ0) is 65.8. The number of nitrogens with one attached hydrogen (secondary N) is 4. The number of hydrogen-bond donors (Lipinski definition) is 4. The van der Waals surface area contributed by atoms with Gasteiger partial charge in [-0.1, -0.05) is 67.4 Å². The van der Waals surface area contributed by atoms with Gasteiger partial charge in [-0.3, -0.25) is 39.1 Å². The highest BCUT2D eigenvalue weighted by Gasteiger charge is 2.49. The van der Waals surface area contributed by atoms with Crippen molar-refractivity contribution in [3.05, 3.63) is 148 Å². The summed E-state index contributed by atoms with van der Waals surface area (Å²) in [6.07, 6.45) is 3.47. The second kappa shape index (κ2) is 30.9. The number of sulfone groups is 1. The molecular formula is C65H76ClF3N8O12S3. The molecule has 5 aromatic rings. The molecule has 5 amide bonds. The Morgan fingerprint density at radius 1 is 0.793 bits per heavy atom. The topological polar surface area (TPSA) is 242 Å². The SMILES string of the molecule is CN(CCOCCOCCOCCNc1cccc2c1C(=O)N(C1CCC(=O)NC1=O)C2=O)CCC(CSc1ccccc1)Nc1ccc(S(=O)(=O)NC(=O)c2ccc(N3CCN(CC4=C(c5ccc(Cl)cc5)CCC(C)(C)C4)CC3)cc2)cc1S(=O)(=O)C(F)(F)F. The zero-order valence-electron chi connectivity index (χ0n) is 51.4. The number of sulfonamides is 1. The third-order valence-electron chi connectivity index (χ3n) is 16.5. The van der Waals surface area contributed by atoms with Crippen LogP contribution in [0.5, 0.6) is 0 Å². The lowest BCUT2D eigenvalue weighted by molar-refractivity contribution is -0.136. The number of fused-ring (bicyclic) bond motifs is 1. The number of piperazine rings is 1. The summed E-state index contributed by atoms with van der Waals surface area (Å²) in [5.41, 5.74) is -0.580. The number of alkyl halides is 3. The lowest BCUT2D eigenvalue weighted by Gasteiger charge is -2.39. The molecule has 3 aliphatic heterocycles. The molecule has 4 N–H and O–H groups in total. The summed E-state index contributed by atoms with van der Waals surface area (Å²) < 4.78 is 116. The van der Waals surface area contributed by atoms with Crippen LogP contribution in [0.25, 0.3) is 5.57 Å². The molecule has 494 valence electrons. The van der Waals surface area contributed by atoms with Gasteiger partial charge in [0, 0.05) is 90.9 Å². The Labute approximate surface area is 543 Å². The van der Waals surface area contributed by atoms with Crippen LogP contribution in [0.1, 0.15) is 89.0 Å². The van der Waals surface area contributed by atoms with Gasteiger partial charge < -0.3 is 34.6 Å². The predicted molar refractivity (Wildman–Crippen MR) is 346 cm³/mol. The fourth-order valence-corrected chi connectivity index (χ4v) is 14.6. The fraction of sp³-hybridized carbons (Fsp3) is 0.431. The molecule has 2 fully saturated rings. The summed E-state index contributed by atoms with van der Waals surface area (Å²) in [6.45, 7) is 11.2. The van der Waals surface area contributed by atoms with Crippen molar-refractivity contribution >= 4 is 95.4 Å². The summed E-state index contributed by atoms with van der Waals surface area (Å²) in [6, 6.07) is 29.0. The van der Waals surface area contributed by atoms with Gasteiger partial charge in [0.05, 0.1) is 61.4 Å². The van der Waals surface area contributed by atoms with Gasteiger partial charge in [-0.2, -0.15) is 13.2 Å². The molecule has 0 spiro atoms. The van der Waals surface area contributed by atoms with Gasteiger partial charge in [-0.15, -0.1) is 11.8 Å². The number of rotatable bonds is 30.